The lowest BCUT2D eigenvalue weighted by Gasteiger charge is -2.45. The minimum absolute atomic E-state index is 0.142. The fourth-order valence-corrected chi connectivity index (χ4v) is 5.13. The number of nitrogens with zero attached hydrogens (tertiary/aromatic N) is 2. The molecule has 0 amide bonds. The van der Waals surface area contributed by atoms with Gasteiger partial charge in [-0.3, -0.25) is 29.3 Å². The average molecular weight is 738 g/mol. The number of hydrogen-bond donors (Lipinski definition) is 1. The van der Waals surface area contributed by atoms with Crippen molar-refractivity contribution in [2.75, 3.05) is 6.61 Å². The highest BCUT2D eigenvalue weighted by atomic mass is 16.7. The van der Waals surface area contributed by atoms with Crippen molar-refractivity contribution in [3.05, 3.63) is 53.9 Å². The summed E-state index contributed by atoms with van der Waals surface area (Å²) in [6.07, 6.45) is -2.16. The quantitative estimate of drug-likeness (QED) is 0.182. The fourth-order valence-electron chi connectivity index (χ4n) is 5.13. The SMILES string of the molecule is CC(C)(C)C(=O)OC[C@H]1O[C@@H](Oc2n[nH]c3cccc(CCc4ccncc4)c23)[C@H](OC(=O)C(C)(C)C)[C@@H](OC(=O)C(C)(C)C)[C@@H]1OC(=O)C(C)(C)C. The lowest BCUT2D eigenvalue weighted by molar-refractivity contribution is -0.294. The zero-order valence-electron chi connectivity index (χ0n) is 33.0. The van der Waals surface area contributed by atoms with Crippen molar-refractivity contribution >= 4 is 34.8 Å². The number of pyridine rings is 1. The number of aryl methyl sites for hydroxylation is 2. The van der Waals surface area contributed by atoms with Crippen LogP contribution in [0, 0.1) is 21.7 Å². The summed E-state index contributed by atoms with van der Waals surface area (Å²) in [5.41, 5.74) is -1.16. The highest BCUT2D eigenvalue weighted by Crippen LogP contribution is 2.37. The molecular weight excluding hydrogens is 682 g/mol. The first-order chi connectivity index (χ1) is 24.5. The first-order valence-electron chi connectivity index (χ1n) is 17.9. The number of H-pyrrole nitrogens is 1. The van der Waals surface area contributed by atoms with E-state index in [9.17, 15) is 19.2 Å². The number of carbonyl (C=O) groups excluding carboxylic acids is 4. The normalized spacial score (nSPS) is 21.1. The second-order valence-electron chi connectivity index (χ2n) is 17.6. The third kappa shape index (κ3) is 10.6. The summed E-state index contributed by atoms with van der Waals surface area (Å²) in [4.78, 5) is 57.8. The van der Waals surface area contributed by atoms with Gasteiger partial charge < -0.3 is 28.4 Å². The smallest absolute Gasteiger partial charge is 0.311 e. The van der Waals surface area contributed by atoms with E-state index in [0.29, 0.717) is 23.7 Å². The van der Waals surface area contributed by atoms with E-state index in [1.165, 1.54) is 0 Å². The maximum Gasteiger partial charge on any atom is 0.311 e. The first kappa shape index (κ1) is 41.2. The molecule has 0 saturated carbocycles. The zero-order valence-corrected chi connectivity index (χ0v) is 33.0. The molecule has 3 aromatic rings. The Morgan fingerprint density at radius 1 is 0.679 bits per heavy atom. The minimum atomic E-state index is -1.47. The summed E-state index contributed by atoms with van der Waals surface area (Å²) in [6, 6.07) is 9.63. The molecule has 1 aromatic carbocycles. The number of carbonyl (C=O) groups is 4. The fraction of sp³-hybridized carbons (Fsp3) is 0.600. The number of nitrogens with one attached hydrogen (secondary N) is 1. The Hall–Kier alpha value is -4.52. The van der Waals surface area contributed by atoms with E-state index < -0.39 is 82.8 Å². The molecule has 13 heteroatoms. The van der Waals surface area contributed by atoms with Crippen LogP contribution in [0.1, 0.15) is 94.2 Å². The molecule has 0 unspecified atom stereocenters. The van der Waals surface area contributed by atoms with Gasteiger partial charge in [-0.05, 0) is 125 Å². The van der Waals surface area contributed by atoms with Gasteiger partial charge in [0.15, 0.2) is 12.2 Å². The summed E-state index contributed by atoms with van der Waals surface area (Å²) in [7, 11) is 0. The van der Waals surface area contributed by atoms with Gasteiger partial charge in [0.05, 0.1) is 32.6 Å². The molecule has 5 atom stereocenters. The van der Waals surface area contributed by atoms with Crippen LogP contribution in [0.2, 0.25) is 0 Å². The number of hydrogen-bond acceptors (Lipinski definition) is 12. The third-order valence-corrected chi connectivity index (χ3v) is 8.45. The van der Waals surface area contributed by atoms with E-state index in [4.69, 9.17) is 28.4 Å². The number of rotatable bonds is 10. The molecule has 1 saturated heterocycles. The Bertz CT molecular complexity index is 1760. The Kier molecular flexibility index (Phi) is 12.3. The van der Waals surface area contributed by atoms with Gasteiger partial charge in [0, 0.05) is 12.4 Å². The second kappa shape index (κ2) is 15.8. The first-order valence-corrected chi connectivity index (χ1v) is 17.9. The summed E-state index contributed by atoms with van der Waals surface area (Å²) < 4.78 is 37.0. The molecule has 4 rings (SSSR count). The van der Waals surface area contributed by atoms with Crippen molar-refractivity contribution in [2.45, 2.75) is 127 Å². The molecule has 1 N–H and O–H groups in total. The molecule has 0 spiro atoms. The van der Waals surface area contributed by atoms with Gasteiger partial charge in [-0.1, -0.05) is 12.1 Å². The van der Waals surface area contributed by atoms with Crippen LogP contribution in [-0.4, -0.2) is 76.4 Å². The number of ether oxygens (including phenoxy) is 6. The summed E-state index contributed by atoms with van der Waals surface area (Å²) in [5.74, 6) is -2.36. The van der Waals surface area contributed by atoms with Gasteiger partial charge in [-0.15, -0.1) is 5.10 Å². The molecule has 13 nitrogen and oxygen atoms in total. The van der Waals surface area contributed by atoms with Gasteiger partial charge in [-0.2, -0.15) is 0 Å². The maximum absolute atomic E-state index is 13.6. The maximum atomic E-state index is 13.6. The lowest BCUT2D eigenvalue weighted by atomic mass is 9.93. The van der Waals surface area contributed by atoms with E-state index in [-0.39, 0.29) is 5.88 Å². The second-order valence-corrected chi connectivity index (χ2v) is 17.6. The van der Waals surface area contributed by atoms with E-state index in [0.717, 1.165) is 11.1 Å². The van der Waals surface area contributed by atoms with E-state index in [2.05, 4.69) is 15.2 Å². The van der Waals surface area contributed by atoms with Crippen molar-refractivity contribution in [1.82, 2.24) is 15.2 Å². The van der Waals surface area contributed by atoms with Gasteiger partial charge in [0.1, 0.15) is 12.7 Å². The van der Waals surface area contributed by atoms with Crippen molar-refractivity contribution in [3.8, 4) is 5.88 Å². The van der Waals surface area contributed by atoms with Crippen LogP contribution in [0.15, 0.2) is 42.7 Å². The predicted octanol–water partition coefficient (Wildman–Crippen LogP) is 6.31. The van der Waals surface area contributed by atoms with Crippen LogP contribution >= 0.6 is 0 Å². The molecule has 2 aromatic heterocycles. The molecular formula is C40H55N3O10. The number of benzene rings is 1. The van der Waals surface area contributed by atoms with Crippen LogP contribution in [0.25, 0.3) is 10.9 Å². The third-order valence-electron chi connectivity index (χ3n) is 8.45. The van der Waals surface area contributed by atoms with Gasteiger partial charge in [0.2, 0.25) is 18.3 Å². The van der Waals surface area contributed by atoms with E-state index in [1.807, 2.05) is 30.3 Å². The molecule has 0 radical (unpaired) electrons. The standard InChI is InChI=1S/C40H55N3O10/c1-37(2,3)33(44)48-22-26-28(50-34(45)38(4,5)6)29(51-35(46)39(7,8)9)30(52-36(47)40(10,11)12)32(49-26)53-31-27-24(14-13-15-25(27)42-43-31)17-16-23-18-20-41-21-19-23/h13-15,18-21,26,28-30,32H,16-17,22H2,1-12H3,(H,42,43)/t26-,28-,29+,30-,32+/m1/s1. The largest absolute Gasteiger partial charge is 0.462 e. The van der Waals surface area contributed by atoms with Crippen LogP contribution in [0.3, 0.4) is 0 Å². The highest BCUT2D eigenvalue weighted by molar-refractivity contribution is 5.87. The molecule has 3 heterocycles. The van der Waals surface area contributed by atoms with Crippen molar-refractivity contribution in [2.24, 2.45) is 21.7 Å². The van der Waals surface area contributed by atoms with Crippen LogP contribution in [0.4, 0.5) is 0 Å². The lowest BCUT2D eigenvalue weighted by Crippen LogP contribution is -2.65. The minimum Gasteiger partial charge on any atom is -0.462 e. The van der Waals surface area contributed by atoms with E-state index >= 15 is 0 Å². The Morgan fingerprint density at radius 3 is 1.75 bits per heavy atom. The number of esters is 4. The molecule has 1 fully saturated rings. The van der Waals surface area contributed by atoms with Gasteiger partial charge in [0.25, 0.3) is 0 Å². The van der Waals surface area contributed by atoms with Crippen molar-refractivity contribution in [3.63, 3.8) is 0 Å². The van der Waals surface area contributed by atoms with Gasteiger partial charge in [-0.25, -0.2) is 0 Å². The summed E-state index contributed by atoms with van der Waals surface area (Å²) in [6.45, 7) is 19.7. The Labute approximate surface area is 311 Å². The average Bonchev–Trinajstić information content (AvgIpc) is 3.46. The van der Waals surface area contributed by atoms with Crippen LogP contribution < -0.4 is 4.74 Å². The van der Waals surface area contributed by atoms with Crippen LogP contribution in [0.5, 0.6) is 5.88 Å². The molecule has 0 aliphatic carbocycles. The van der Waals surface area contributed by atoms with Crippen LogP contribution in [-0.2, 0) is 55.7 Å². The van der Waals surface area contributed by atoms with Crippen molar-refractivity contribution in [1.29, 1.82) is 0 Å². The Balaban J connectivity index is 1.84. The monoisotopic (exact) mass is 737 g/mol. The van der Waals surface area contributed by atoms with E-state index in [1.54, 1.807) is 95.5 Å². The van der Waals surface area contributed by atoms with Gasteiger partial charge >= 0.3 is 23.9 Å². The molecule has 1 aliphatic rings. The molecule has 1 aliphatic heterocycles. The molecule has 53 heavy (non-hydrogen) atoms. The topological polar surface area (TPSA) is 165 Å². The number of aromatic amines is 1. The summed E-state index contributed by atoms with van der Waals surface area (Å²) >= 11 is 0. The number of fused-ring (bicyclic) bond motifs is 1. The zero-order chi connectivity index (χ0) is 39.5. The predicted molar refractivity (Wildman–Crippen MR) is 195 cm³/mol. The Morgan fingerprint density at radius 2 is 1.21 bits per heavy atom. The molecule has 290 valence electrons. The number of aromatic nitrogens is 3. The summed E-state index contributed by atoms with van der Waals surface area (Å²) in [5, 5.41) is 8.15. The molecule has 0 bridgehead atoms. The highest BCUT2D eigenvalue weighted by Gasteiger charge is 2.56. The van der Waals surface area contributed by atoms with Crippen molar-refractivity contribution < 1.29 is 47.6 Å².